The molecule has 0 aliphatic rings. The normalized spacial score (nSPS) is 14.6. The van der Waals surface area contributed by atoms with E-state index in [4.69, 9.17) is 5.73 Å². The monoisotopic (exact) mass is 193 g/mol. The third kappa shape index (κ3) is 8.01. The van der Waals surface area contributed by atoms with E-state index < -0.39 is 9.84 Å². The van der Waals surface area contributed by atoms with Crippen molar-refractivity contribution >= 4 is 9.84 Å². The molecule has 0 fully saturated rings. The van der Waals surface area contributed by atoms with E-state index in [1.54, 1.807) is 0 Å². The highest BCUT2D eigenvalue weighted by Gasteiger charge is 2.06. The third-order valence-electron chi connectivity index (χ3n) is 1.79. The summed E-state index contributed by atoms with van der Waals surface area (Å²) in [5, 5.41) is 0. The summed E-state index contributed by atoms with van der Waals surface area (Å²) in [6.45, 7) is 2.10. The Morgan fingerprint density at radius 2 is 1.92 bits per heavy atom. The molecule has 0 rings (SSSR count). The second-order valence-electron chi connectivity index (χ2n) is 3.32. The van der Waals surface area contributed by atoms with Crippen LogP contribution in [0.1, 0.15) is 32.6 Å². The fourth-order valence-corrected chi connectivity index (χ4v) is 1.71. The Labute approximate surface area is 75.3 Å². The Kier molecular flexibility index (Phi) is 5.50. The minimum atomic E-state index is -2.82. The number of rotatable bonds is 6. The van der Waals surface area contributed by atoms with Gasteiger partial charge in [0.1, 0.15) is 9.84 Å². The van der Waals surface area contributed by atoms with Crippen molar-refractivity contribution in [1.82, 2.24) is 0 Å². The van der Waals surface area contributed by atoms with E-state index in [2.05, 4.69) is 6.92 Å². The van der Waals surface area contributed by atoms with E-state index >= 15 is 0 Å². The van der Waals surface area contributed by atoms with Crippen molar-refractivity contribution in [3.63, 3.8) is 0 Å². The van der Waals surface area contributed by atoms with Gasteiger partial charge in [0.2, 0.25) is 0 Å². The Morgan fingerprint density at radius 1 is 1.33 bits per heavy atom. The summed E-state index contributed by atoms with van der Waals surface area (Å²) in [4.78, 5) is 0. The molecule has 1 unspecified atom stereocenters. The largest absolute Gasteiger partial charge is 0.328 e. The molecule has 0 aliphatic heterocycles. The van der Waals surface area contributed by atoms with Crippen molar-refractivity contribution in [2.75, 3.05) is 12.0 Å². The van der Waals surface area contributed by atoms with E-state index in [1.165, 1.54) is 6.26 Å². The molecule has 0 spiro atoms. The fourth-order valence-electron chi connectivity index (χ4n) is 0.976. The zero-order chi connectivity index (χ0) is 9.61. The number of hydrogen-bond acceptors (Lipinski definition) is 3. The maximum absolute atomic E-state index is 10.8. The first-order valence-electron chi connectivity index (χ1n) is 4.39. The lowest BCUT2D eigenvalue weighted by molar-refractivity contribution is 0.551. The summed E-state index contributed by atoms with van der Waals surface area (Å²) in [5.74, 6) is 0.220. The fraction of sp³-hybridized carbons (Fsp3) is 1.00. The minimum absolute atomic E-state index is 0.0553. The van der Waals surface area contributed by atoms with E-state index in [9.17, 15) is 8.42 Å². The third-order valence-corrected chi connectivity index (χ3v) is 2.77. The second-order valence-corrected chi connectivity index (χ2v) is 5.58. The highest BCUT2D eigenvalue weighted by Crippen LogP contribution is 2.02. The first kappa shape index (κ1) is 11.9. The van der Waals surface area contributed by atoms with Gasteiger partial charge in [0.15, 0.2) is 0 Å². The van der Waals surface area contributed by atoms with Crippen molar-refractivity contribution in [3.8, 4) is 0 Å². The van der Waals surface area contributed by atoms with Gasteiger partial charge in [-0.15, -0.1) is 0 Å². The smallest absolute Gasteiger partial charge is 0.147 e. The lowest BCUT2D eigenvalue weighted by Crippen LogP contribution is -2.23. The van der Waals surface area contributed by atoms with Crippen molar-refractivity contribution in [3.05, 3.63) is 0 Å². The van der Waals surface area contributed by atoms with E-state index in [-0.39, 0.29) is 11.8 Å². The van der Waals surface area contributed by atoms with Gasteiger partial charge in [0, 0.05) is 12.3 Å². The molecule has 74 valence electrons. The summed E-state index contributed by atoms with van der Waals surface area (Å²) in [6.07, 6.45) is 4.99. The van der Waals surface area contributed by atoms with Crippen LogP contribution < -0.4 is 5.73 Å². The van der Waals surface area contributed by atoms with Crippen molar-refractivity contribution in [2.45, 2.75) is 38.6 Å². The number of nitrogens with two attached hydrogens (primary N) is 1. The van der Waals surface area contributed by atoms with E-state index in [1.807, 2.05) is 0 Å². The Bertz CT molecular complexity index is 199. The molecule has 12 heavy (non-hydrogen) atoms. The van der Waals surface area contributed by atoms with Gasteiger partial charge in [-0.25, -0.2) is 8.42 Å². The molecule has 1 atom stereocenters. The Hall–Kier alpha value is -0.0900. The van der Waals surface area contributed by atoms with Crippen LogP contribution in [0.5, 0.6) is 0 Å². The molecular formula is C8H19NO2S. The zero-order valence-electron chi connectivity index (χ0n) is 7.91. The van der Waals surface area contributed by atoms with Crippen LogP contribution in [0, 0.1) is 0 Å². The molecule has 0 aliphatic carbocycles. The second kappa shape index (κ2) is 5.54. The molecule has 0 radical (unpaired) electrons. The lowest BCUT2D eigenvalue weighted by Gasteiger charge is -2.08. The molecule has 4 heteroatoms. The van der Waals surface area contributed by atoms with Gasteiger partial charge in [0.25, 0.3) is 0 Å². The molecule has 0 heterocycles. The van der Waals surface area contributed by atoms with Gasteiger partial charge >= 0.3 is 0 Å². The van der Waals surface area contributed by atoms with Crippen molar-refractivity contribution < 1.29 is 8.42 Å². The quantitative estimate of drug-likeness (QED) is 0.683. The summed E-state index contributed by atoms with van der Waals surface area (Å²) >= 11 is 0. The van der Waals surface area contributed by atoms with E-state index in [0.29, 0.717) is 6.42 Å². The predicted molar refractivity (Wildman–Crippen MR) is 51.8 cm³/mol. The molecule has 0 bridgehead atoms. The topological polar surface area (TPSA) is 60.2 Å². The number of unbranched alkanes of at least 4 members (excludes halogenated alkanes) is 1. The average molecular weight is 193 g/mol. The Balaban J connectivity index is 3.51. The molecule has 0 saturated heterocycles. The van der Waals surface area contributed by atoms with E-state index in [0.717, 1.165) is 19.3 Å². The summed E-state index contributed by atoms with van der Waals surface area (Å²) in [6, 6.07) is 0.0553. The lowest BCUT2D eigenvalue weighted by atomic mass is 10.1. The van der Waals surface area contributed by atoms with Crippen LogP contribution in [0.3, 0.4) is 0 Å². The van der Waals surface area contributed by atoms with Crippen LogP contribution in [-0.2, 0) is 9.84 Å². The summed E-state index contributed by atoms with van der Waals surface area (Å²) in [7, 11) is -2.82. The maximum atomic E-state index is 10.8. The van der Waals surface area contributed by atoms with Gasteiger partial charge in [-0.1, -0.05) is 19.8 Å². The Morgan fingerprint density at radius 3 is 2.33 bits per heavy atom. The van der Waals surface area contributed by atoms with Crippen LogP contribution in [0.2, 0.25) is 0 Å². The highest BCUT2D eigenvalue weighted by molar-refractivity contribution is 7.90. The van der Waals surface area contributed by atoms with Crippen LogP contribution in [0.25, 0.3) is 0 Å². The minimum Gasteiger partial charge on any atom is -0.328 e. The molecular weight excluding hydrogens is 174 g/mol. The van der Waals surface area contributed by atoms with Gasteiger partial charge in [-0.3, -0.25) is 0 Å². The molecule has 0 amide bonds. The van der Waals surface area contributed by atoms with Gasteiger partial charge in [-0.05, 0) is 12.8 Å². The van der Waals surface area contributed by atoms with Gasteiger partial charge in [0.05, 0.1) is 5.75 Å². The van der Waals surface area contributed by atoms with Gasteiger partial charge in [-0.2, -0.15) is 0 Å². The molecule has 0 saturated carbocycles. The van der Waals surface area contributed by atoms with Crippen molar-refractivity contribution in [1.29, 1.82) is 0 Å². The van der Waals surface area contributed by atoms with Gasteiger partial charge < -0.3 is 5.73 Å². The number of hydrogen-bond donors (Lipinski definition) is 1. The molecule has 0 aromatic rings. The molecule has 2 N–H and O–H groups in total. The van der Waals surface area contributed by atoms with Crippen molar-refractivity contribution in [2.24, 2.45) is 5.73 Å². The molecule has 0 aromatic heterocycles. The van der Waals surface area contributed by atoms with Crippen LogP contribution >= 0.6 is 0 Å². The zero-order valence-corrected chi connectivity index (χ0v) is 8.73. The van der Waals surface area contributed by atoms with Crippen LogP contribution in [-0.4, -0.2) is 26.5 Å². The predicted octanol–water partition coefficient (Wildman–Crippen LogP) is 0.939. The average Bonchev–Trinajstić information content (AvgIpc) is 1.95. The first-order chi connectivity index (χ1) is 5.45. The first-order valence-corrected chi connectivity index (χ1v) is 6.45. The molecule has 3 nitrogen and oxygen atoms in total. The number of sulfone groups is 1. The van der Waals surface area contributed by atoms with Crippen LogP contribution in [0.4, 0.5) is 0 Å². The molecule has 0 aromatic carbocycles. The summed E-state index contributed by atoms with van der Waals surface area (Å²) in [5.41, 5.74) is 5.70. The van der Waals surface area contributed by atoms with Crippen LogP contribution in [0.15, 0.2) is 0 Å². The SMILES string of the molecule is CCCCC(N)CCS(C)(=O)=O. The standard InChI is InChI=1S/C8H19NO2S/c1-3-4-5-8(9)6-7-12(2,10)11/h8H,3-7,9H2,1-2H3. The highest BCUT2D eigenvalue weighted by atomic mass is 32.2. The summed E-state index contributed by atoms with van der Waals surface area (Å²) < 4.78 is 21.5. The maximum Gasteiger partial charge on any atom is 0.147 e.